The van der Waals surface area contributed by atoms with Crippen LogP contribution in [0.5, 0.6) is 0 Å². The van der Waals surface area contributed by atoms with Crippen LogP contribution in [0.1, 0.15) is 150 Å². The molecule has 0 aliphatic carbocycles. The molecule has 6 amide bonds. The van der Waals surface area contributed by atoms with E-state index in [1.807, 2.05) is 0 Å². The molecule has 6 atom stereocenters. The van der Waals surface area contributed by atoms with E-state index >= 15 is 0 Å². The molecular weight excluding hydrogens is 1170 g/mol. The molecule has 30 nitrogen and oxygen atoms in total. The maximum absolute atomic E-state index is 13.9. The van der Waals surface area contributed by atoms with Crippen molar-refractivity contribution in [2.75, 3.05) is 24.7 Å². The molecule has 0 unspecified atom stereocenters. The molecule has 0 heterocycles. The van der Waals surface area contributed by atoms with E-state index in [0.29, 0.717) is 0 Å². The number of carbonyl (C=O) groups is 10. The van der Waals surface area contributed by atoms with Gasteiger partial charge in [0.25, 0.3) is 0 Å². The monoisotopic (exact) mass is 1260 g/mol. The molecule has 474 valence electrons. The summed E-state index contributed by atoms with van der Waals surface area (Å²) >= 11 is 0. The Balaban J connectivity index is 6.73. The molecule has 0 bridgehead atoms. The fourth-order valence-electron chi connectivity index (χ4n) is 5.80. The summed E-state index contributed by atoms with van der Waals surface area (Å²) in [6.07, 6.45) is -4.12. The summed E-state index contributed by atoms with van der Waals surface area (Å²) in [7, 11) is -9.00. The lowest BCUT2D eigenvalue weighted by Gasteiger charge is -2.27. The number of hydrogen-bond donors (Lipinski definition) is 10. The van der Waals surface area contributed by atoms with Gasteiger partial charge in [0.05, 0.1) is 13.2 Å². The van der Waals surface area contributed by atoms with Crippen LogP contribution in [-0.2, 0) is 85.0 Å². The van der Waals surface area contributed by atoms with Gasteiger partial charge in [0.1, 0.15) is 69.9 Å². The molecule has 0 aromatic rings. The molecule has 0 saturated heterocycles. The van der Waals surface area contributed by atoms with E-state index in [-0.39, 0.29) is 0 Å². The van der Waals surface area contributed by atoms with Gasteiger partial charge in [-0.25, -0.2) is 37.9 Å². The molecule has 0 radical (unpaired) electrons. The predicted octanol–water partition coefficient (Wildman–Crippen LogP) is 3.24. The summed E-state index contributed by atoms with van der Waals surface area (Å²) in [5.74, 6) is -9.28. The molecule has 0 aromatic carbocycles. The predicted molar refractivity (Wildman–Crippen MR) is 297 cm³/mol. The number of phosphoric acid groups is 2. The first-order valence-electron chi connectivity index (χ1n) is 25.5. The Kier molecular flexibility index (Phi) is 30.6. The maximum atomic E-state index is 13.9. The van der Waals surface area contributed by atoms with Crippen molar-refractivity contribution in [1.82, 2.24) is 31.9 Å². The summed E-state index contributed by atoms with van der Waals surface area (Å²) in [5, 5.41) is 13.8. The summed E-state index contributed by atoms with van der Waals surface area (Å²) in [5.41, 5.74) is -6.35. The van der Waals surface area contributed by atoms with Crippen LogP contribution in [0.25, 0.3) is 0 Å². The summed E-state index contributed by atoms with van der Waals surface area (Å²) < 4.78 is 64.9. The van der Waals surface area contributed by atoms with Crippen molar-refractivity contribution < 1.29 is 114 Å². The number of nitrogens with one attached hydrogen (secondary N) is 6. The number of carbonyl (C=O) groups excluding carboxylic acids is 10. The lowest BCUT2D eigenvalue weighted by molar-refractivity contribution is -0.159. The van der Waals surface area contributed by atoms with E-state index in [1.54, 1.807) is 83.1 Å². The fourth-order valence-corrected chi connectivity index (χ4v) is 8.78. The second-order valence-corrected chi connectivity index (χ2v) is 29.1. The molecule has 0 rings (SSSR count). The molecule has 34 heteroatoms. The summed E-state index contributed by atoms with van der Waals surface area (Å²) in [6, 6.07) is -10.0. The lowest BCUT2D eigenvalue weighted by atomic mass is 10.1. The second kappa shape index (κ2) is 32.5. The van der Waals surface area contributed by atoms with Crippen molar-refractivity contribution in [2.24, 2.45) is 0 Å². The molecule has 0 aliphatic rings. The standard InChI is InChI=1S/C48H86N6O24P2S2/c1-43(2,3)73-37(59)27(53-41(63)77-47(13,14)15)19-21-33(55)49-29(23-71-79(65,66)67)35(57)51-31(39(61)75-45(7,8)9)25-81-82-26-32(40(62)76-46(10,11)12)52-36(58)30(24-72-80(68,69)70)50-34(56)22-20-28(38(60)74-44(4,5)6)54-42(64)78-48(16,17)18/h27-32H,19-26H2,1-18H3,(H,49,55)(H,50,56)(H,51,57)(H,52,58)(H,53,63)(H,54,64)(H2,65,66,67)(H2,68,69,70)/t27-,28-,29-,30-,31-,32-/m0/s1. The van der Waals surface area contributed by atoms with Gasteiger partial charge in [0.15, 0.2) is 0 Å². The van der Waals surface area contributed by atoms with Crippen LogP contribution in [0.3, 0.4) is 0 Å². The van der Waals surface area contributed by atoms with Crippen molar-refractivity contribution in [1.29, 1.82) is 0 Å². The van der Waals surface area contributed by atoms with Crippen LogP contribution in [-0.4, -0.2) is 174 Å². The Morgan fingerprint density at radius 2 is 0.610 bits per heavy atom. The van der Waals surface area contributed by atoms with Crippen LogP contribution in [0.4, 0.5) is 9.59 Å². The third-order valence-corrected chi connectivity index (χ3v) is 12.2. The molecule has 0 saturated carbocycles. The van der Waals surface area contributed by atoms with E-state index in [4.69, 9.17) is 28.4 Å². The number of amides is 6. The fraction of sp³-hybridized carbons (Fsp3) is 0.792. The number of ether oxygens (including phenoxy) is 6. The highest BCUT2D eigenvalue weighted by Gasteiger charge is 2.37. The minimum absolute atomic E-state index is 0.407. The highest BCUT2D eigenvalue weighted by Crippen LogP contribution is 2.36. The third kappa shape index (κ3) is 39.7. The lowest BCUT2D eigenvalue weighted by Crippen LogP contribution is -2.55. The Morgan fingerprint density at radius 3 is 0.841 bits per heavy atom. The van der Waals surface area contributed by atoms with Crippen molar-refractivity contribution in [3.63, 3.8) is 0 Å². The van der Waals surface area contributed by atoms with Crippen LogP contribution in [0.2, 0.25) is 0 Å². The molecule has 10 N–H and O–H groups in total. The second-order valence-electron chi connectivity index (χ2n) is 24.1. The zero-order chi connectivity index (χ0) is 64.2. The Hall–Kier alpha value is -4.78. The van der Waals surface area contributed by atoms with Gasteiger partial charge < -0.3 is 79.9 Å². The average molecular weight is 1260 g/mol. The SMILES string of the molecule is CC(C)(C)OC(=O)N[C@@H](CCC(=O)N[C@@H](COP(=O)(O)O)C(=O)N[C@@H](CSSC[C@H](NC(=O)[C@H](COP(=O)(O)O)NC(=O)CC[C@H](NC(=O)OC(C)(C)C)C(=O)OC(C)(C)C)C(=O)OC(C)(C)C)C(=O)OC(C)(C)C)C(=O)OC(C)(C)C. The van der Waals surface area contributed by atoms with Crippen LogP contribution < -0.4 is 31.9 Å². The quantitative estimate of drug-likeness (QED) is 0.0169. The van der Waals surface area contributed by atoms with Crippen molar-refractivity contribution >= 4 is 96.9 Å². The largest absolute Gasteiger partial charge is 0.469 e. The number of rotatable bonds is 29. The summed E-state index contributed by atoms with van der Waals surface area (Å²) in [6.45, 7) is 25.5. The minimum atomic E-state index is -5.31. The maximum Gasteiger partial charge on any atom is 0.469 e. The van der Waals surface area contributed by atoms with E-state index < -0.39 is 196 Å². The van der Waals surface area contributed by atoms with E-state index in [9.17, 15) is 76.6 Å². The molecule has 0 spiro atoms. The summed E-state index contributed by atoms with van der Waals surface area (Å²) in [4.78, 5) is 171. The van der Waals surface area contributed by atoms with Gasteiger partial charge in [-0.05, 0) is 137 Å². The molecule has 0 fully saturated rings. The number of alkyl carbamates (subject to hydrolysis) is 2. The van der Waals surface area contributed by atoms with Gasteiger partial charge >= 0.3 is 51.7 Å². The topological polar surface area (TPSA) is 432 Å². The minimum Gasteiger partial charge on any atom is -0.458 e. The first-order chi connectivity index (χ1) is 36.7. The zero-order valence-electron chi connectivity index (χ0n) is 49.8. The van der Waals surface area contributed by atoms with E-state index in [0.717, 1.165) is 21.6 Å². The Morgan fingerprint density at radius 1 is 0.366 bits per heavy atom. The molecule has 0 aliphatic heterocycles. The number of phosphoric ester groups is 2. The van der Waals surface area contributed by atoms with Crippen molar-refractivity contribution in [3.05, 3.63) is 0 Å². The average Bonchev–Trinajstić information content (AvgIpc) is 3.22. The Bertz CT molecular complexity index is 2150. The van der Waals surface area contributed by atoms with E-state index in [1.165, 1.54) is 41.5 Å². The van der Waals surface area contributed by atoms with Gasteiger partial charge in [-0.2, -0.15) is 0 Å². The van der Waals surface area contributed by atoms with Crippen LogP contribution >= 0.6 is 37.2 Å². The van der Waals surface area contributed by atoms with E-state index in [2.05, 4.69) is 40.9 Å². The number of hydrogen-bond acceptors (Lipinski definition) is 22. The van der Waals surface area contributed by atoms with Crippen LogP contribution in [0, 0.1) is 0 Å². The Labute approximate surface area is 486 Å². The molecular formula is C48H86N6O24P2S2. The van der Waals surface area contributed by atoms with Gasteiger partial charge in [-0.3, -0.25) is 28.2 Å². The molecule has 0 aromatic heterocycles. The number of esters is 4. The van der Waals surface area contributed by atoms with Crippen molar-refractivity contribution in [3.8, 4) is 0 Å². The highest BCUT2D eigenvalue weighted by atomic mass is 33.1. The van der Waals surface area contributed by atoms with Gasteiger partial charge in [-0.15, -0.1) is 0 Å². The van der Waals surface area contributed by atoms with Gasteiger partial charge in [0.2, 0.25) is 23.6 Å². The zero-order valence-corrected chi connectivity index (χ0v) is 53.2. The highest BCUT2D eigenvalue weighted by molar-refractivity contribution is 8.76. The molecule has 82 heavy (non-hydrogen) atoms. The smallest absolute Gasteiger partial charge is 0.458 e. The van der Waals surface area contributed by atoms with Crippen LogP contribution in [0.15, 0.2) is 0 Å². The first-order valence-corrected chi connectivity index (χ1v) is 31.0. The van der Waals surface area contributed by atoms with Gasteiger partial charge in [-0.1, -0.05) is 21.6 Å². The third-order valence-electron chi connectivity index (χ3n) is 8.78. The first kappa shape index (κ1) is 77.2. The van der Waals surface area contributed by atoms with Crippen molar-refractivity contribution in [2.45, 2.75) is 220 Å². The normalized spacial score (nSPS) is 14.9. The van der Waals surface area contributed by atoms with Gasteiger partial charge in [0, 0.05) is 24.3 Å².